The van der Waals surface area contributed by atoms with Crippen molar-refractivity contribution in [2.75, 3.05) is 52.1 Å². The van der Waals surface area contributed by atoms with Crippen LogP contribution in [0.15, 0.2) is 24.3 Å². The van der Waals surface area contributed by atoms with Crippen LogP contribution in [-0.4, -0.2) is 75.7 Å². The zero-order chi connectivity index (χ0) is 19.0. The molecule has 0 bridgehead atoms. The van der Waals surface area contributed by atoms with E-state index >= 15 is 0 Å². The Kier molecular flexibility index (Phi) is 7.86. The number of carbonyl (C=O) groups excluding carboxylic acids is 1. The minimum atomic E-state index is -3.10. The van der Waals surface area contributed by atoms with E-state index in [1.807, 2.05) is 12.1 Å². The lowest BCUT2D eigenvalue weighted by Gasteiger charge is -2.33. The third-order valence-electron chi connectivity index (χ3n) is 4.40. The summed E-state index contributed by atoms with van der Waals surface area (Å²) in [5.41, 5.74) is 0.606. The molecule has 1 fully saturated rings. The first kappa shape index (κ1) is 20.7. The van der Waals surface area contributed by atoms with E-state index in [1.165, 1.54) is 10.6 Å². The van der Waals surface area contributed by atoms with Gasteiger partial charge in [-0.1, -0.05) is 13.3 Å². The summed E-state index contributed by atoms with van der Waals surface area (Å²) in [4.78, 5) is 14.3. The minimum Gasteiger partial charge on any atom is -0.494 e. The quantitative estimate of drug-likeness (QED) is 0.648. The predicted octanol–water partition coefficient (Wildman–Crippen LogP) is 1.17. The predicted molar refractivity (Wildman–Crippen MR) is 102 cm³/mol. The number of piperazine rings is 1. The van der Waals surface area contributed by atoms with Gasteiger partial charge in [-0.2, -0.15) is 4.31 Å². The summed E-state index contributed by atoms with van der Waals surface area (Å²) >= 11 is 0. The van der Waals surface area contributed by atoms with Gasteiger partial charge in [-0.3, -0.25) is 9.69 Å². The van der Waals surface area contributed by atoms with Crippen LogP contribution in [0.5, 0.6) is 5.75 Å². The fourth-order valence-electron chi connectivity index (χ4n) is 2.75. The summed E-state index contributed by atoms with van der Waals surface area (Å²) < 4.78 is 30.1. The van der Waals surface area contributed by atoms with Crippen molar-refractivity contribution < 1.29 is 17.9 Å². The number of carbonyl (C=O) groups is 1. The molecule has 1 aromatic rings. The van der Waals surface area contributed by atoms with Crippen LogP contribution in [0.25, 0.3) is 0 Å². The molecule has 0 atom stereocenters. The molecule has 1 N–H and O–H groups in total. The number of hydrogen-bond donors (Lipinski definition) is 1. The molecule has 1 heterocycles. The molecule has 26 heavy (non-hydrogen) atoms. The van der Waals surface area contributed by atoms with E-state index in [1.54, 1.807) is 12.1 Å². The smallest absolute Gasteiger partial charge is 0.251 e. The van der Waals surface area contributed by atoms with E-state index in [-0.39, 0.29) is 5.91 Å². The molecule has 0 saturated carbocycles. The summed E-state index contributed by atoms with van der Waals surface area (Å²) in [6.07, 6.45) is 3.34. The topological polar surface area (TPSA) is 79.0 Å². The van der Waals surface area contributed by atoms with E-state index < -0.39 is 10.0 Å². The normalized spacial score (nSPS) is 16.4. The van der Waals surface area contributed by atoms with Gasteiger partial charge >= 0.3 is 0 Å². The maximum Gasteiger partial charge on any atom is 0.251 e. The van der Waals surface area contributed by atoms with Crippen LogP contribution in [-0.2, 0) is 10.0 Å². The van der Waals surface area contributed by atoms with Crippen LogP contribution in [0.3, 0.4) is 0 Å². The highest BCUT2D eigenvalue weighted by atomic mass is 32.2. The fourth-order valence-corrected chi connectivity index (χ4v) is 3.58. The second kappa shape index (κ2) is 9.89. The average Bonchev–Trinajstić information content (AvgIpc) is 2.62. The van der Waals surface area contributed by atoms with Crippen LogP contribution in [0.4, 0.5) is 0 Å². The SMILES string of the molecule is CCCCOc1ccc(C(=O)NCCN2CCN(S(C)(=O)=O)CC2)cc1. The molecule has 0 radical (unpaired) electrons. The van der Waals surface area contributed by atoms with Crippen LogP contribution >= 0.6 is 0 Å². The first-order valence-corrected chi connectivity index (χ1v) is 10.9. The third-order valence-corrected chi connectivity index (χ3v) is 5.70. The molecule has 1 aliphatic rings. The average molecular weight is 384 g/mol. The Bertz CT molecular complexity index is 668. The first-order chi connectivity index (χ1) is 12.4. The van der Waals surface area contributed by atoms with Crippen LogP contribution in [0, 0.1) is 0 Å². The van der Waals surface area contributed by atoms with Crippen molar-refractivity contribution in [2.24, 2.45) is 0 Å². The van der Waals surface area contributed by atoms with Gasteiger partial charge in [-0.05, 0) is 30.7 Å². The number of hydrogen-bond acceptors (Lipinski definition) is 5. The zero-order valence-corrected chi connectivity index (χ0v) is 16.4. The van der Waals surface area contributed by atoms with Gasteiger partial charge < -0.3 is 10.1 Å². The number of sulfonamides is 1. The van der Waals surface area contributed by atoms with Gasteiger partial charge in [-0.25, -0.2) is 8.42 Å². The molecule has 2 rings (SSSR count). The lowest BCUT2D eigenvalue weighted by atomic mass is 10.2. The Balaban J connectivity index is 1.69. The Morgan fingerprint density at radius 1 is 1.15 bits per heavy atom. The summed E-state index contributed by atoms with van der Waals surface area (Å²) in [6, 6.07) is 7.16. The molecular weight excluding hydrogens is 354 g/mol. The lowest BCUT2D eigenvalue weighted by Crippen LogP contribution is -2.49. The molecule has 0 unspecified atom stereocenters. The summed E-state index contributed by atoms with van der Waals surface area (Å²) in [6.45, 7) is 6.43. The Labute approximate surface area is 156 Å². The van der Waals surface area contributed by atoms with Crippen molar-refractivity contribution in [1.29, 1.82) is 0 Å². The number of rotatable bonds is 9. The van der Waals surface area contributed by atoms with Crippen LogP contribution in [0.2, 0.25) is 0 Å². The van der Waals surface area contributed by atoms with Gasteiger partial charge in [0.2, 0.25) is 10.0 Å². The maximum atomic E-state index is 12.2. The van der Waals surface area contributed by atoms with Crippen molar-refractivity contribution in [3.05, 3.63) is 29.8 Å². The van der Waals surface area contributed by atoms with E-state index in [0.717, 1.165) is 18.6 Å². The van der Waals surface area contributed by atoms with E-state index in [0.29, 0.717) is 51.4 Å². The molecule has 1 aromatic carbocycles. The third kappa shape index (κ3) is 6.59. The molecular formula is C18H29N3O4S. The van der Waals surface area contributed by atoms with Gasteiger partial charge in [0.1, 0.15) is 5.75 Å². The largest absolute Gasteiger partial charge is 0.494 e. The first-order valence-electron chi connectivity index (χ1n) is 9.08. The molecule has 7 nitrogen and oxygen atoms in total. The van der Waals surface area contributed by atoms with Gasteiger partial charge in [0, 0.05) is 44.8 Å². The highest BCUT2D eigenvalue weighted by Gasteiger charge is 2.22. The molecule has 8 heteroatoms. The number of benzene rings is 1. The van der Waals surface area contributed by atoms with Crippen LogP contribution in [0.1, 0.15) is 30.1 Å². The number of ether oxygens (including phenoxy) is 1. The van der Waals surface area contributed by atoms with Crippen LogP contribution < -0.4 is 10.1 Å². The molecule has 0 spiro atoms. The number of nitrogens with one attached hydrogen (secondary N) is 1. The Hall–Kier alpha value is -1.64. The molecule has 1 aliphatic heterocycles. The van der Waals surface area contributed by atoms with Crippen molar-refractivity contribution in [3.63, 3.8) is 0 Å². The number of nitrogens with zero attached hydrogens (tertiary/aromatic N) is 2. The van der Waals surface area contributed by atoms with Gasteiger partial charge in [0.15, 0.2) is 0 Å². The number of unbranched alkanes of at least 4 members (excludes halogenated alkanes) is 1. The summed E-state index contributed by atoms with van der Waals surface area (Å²) in [7, 11) is -3.10. The van der Waals surface area contributed by atoms with Crippen molar-refractivity contribution >= 4 is 15.9 Å². The summed E-state index contributed by atoms with van der Waals surface area (Å²) in [5, 5.41) is 2.91. The lowest BCUT2D eigenvalue weighted by molar-refractivity contribution is 0.0945. The van der Waals surface area contributed by atoms with Crippen molar-refractivity contribution in [3.8, 4) is 5.75 Å². The standard InChI is InChI=1S/C18H29N3O4S/c1-3-4-15-25-17-7-5-16(6-8-17)18(22)19-9-10-20-11-13-21(14-12-20)26(2,23)24/h5-8H,3-4,9-15H2,1-2H3,(H,19,22). The Morgan fingerprint density at radius 2 is 1.81 bits per heavy atom. The van der Waals surface area contributed by atoms with E-state index in [2.05, 4.69) is 17.1 Å². The van der Waals surface area contributed by atoms with Crippen molar-refractivity contribution in [2.45, 2.75) is 19.8 Å². The molecule has 0 aliphatic carbocycles. The van der Waals surface area contributed by atoms with Crippen molar-refractivity contribution in [1.82, 2.24) is 14.5 Å². The van der Waals surface area contributed by atoms with Gasteiger partial charge in [0.05, 0.1) is 12.9 Å². The van der Waals surface area contributed by atoms with E-state index in [9.17, 15) is 13.2 Å². The zero-order valence-electron chi connectivity index (χ0n) is 15.6. The molecule has 1 saturated heterocycles. The highest BCUT2D eigenvalue weighted by Crippen LogP contribution is 2.12. The van der Waals surface area contributed by atoms with Gasteiger partial charge in [0.25, 0.3) is 5.91 Å². The second-order valence-electron chi connectivity index (χ2n) is 6.49. The minimum absolute atomic E-state index is 0.111. The second-order valence-corrected chi connectivity index (χ2v) is 8.47. The molecule has 1 amide bonds. The maximum absolute atomic E-state index is 12.2. The monoisotopic (exact) mass is 383 g/mol. The Morgan fingerprint density at radius 3 is 2.38 bits per heavy atom. The molecule has 146 valence electrons. The summed E-state index contributed by atoms with van der Waals surface area (Å²) in [5.74, 6) is 0.665. The molecule has 0 aromatic heterocycles. The fraction of sp³-hybridized carbons (Fsp3) is 0.611. The van der Waals surface area contributed by atoms with Gasteiger partial charge in [-0.15, -0.1) is 0 Å². The van der Waals surface area contributed by atoms with E-state index in [4.69, 9.17) is 4.74 Å². The highest BCUT2D eigenvalue weighted by molar-refractivity contribution is 7.88. The number of amides is 1.